The van der Waals surface area contributed by atoms with E-state index in [9.17, 15) is 4.79 Å². The van der Waals surface area contributed by atoms with Crippen molar-refractivity contribution in [2.24, 2.45) is 14.1 Å². The van der Waals surface area contributed by atoms with Crippen molar-refractivity contribution in [1.82, 2.24) is 9.13 Å². The Bertz CT molecular complexity index is 1070. The predicted octanol–water partition coefficient (Wildman–Crippen LogP) is 4.21. The summed E-state index contributed by atoms with van der Waals surface area (Å²) in [5.41, 5.74) is 4.74. The van der Waals surface area contributed by atoms with E-state index in [1.807, 2.05) is 74.2 Å². The second-order valence-electron chi connectivity index (χ2n) is 6.04. The summed E-state index contributed by atoms with van der Waals surface area (Å²) in [7, 11) is 3.99. The number of para-hydroxylation sites is 2. The first kappa shape index (κ1) is 13.8. The summed E-state index contributed by atoms with van der Waals surface area (Å²) in [5.74, 6) is 0.0936. The number of fused-ring (bicyclic) bond motifs is 2. The van der Waals surface area contributed by atoms with Gasteiger partial charge in [-0.25, -0.2) is 0 Å². The normalized spacial score (nSPS) is 11.4. The minimum absolute atomic E-state index is 0.0936. The average Bonchev–Trinajstić information content (AvgIpc) is 3.04. The number of rotatable bonds is 2. The van der Waals surface area contributed by atoms with Crippen LogP contribution in [0.1, 0.15) is 21.6 Å². The number of hydrogen-bond donors (Lipinski definition) is 0. The van der Waals surface area contributed by atoms with Crippen LogP contribution >= 0.6 is 0 Å². The van der Waals surface area contributed by atoms with Gasteiger partial charge in [-0.05, 0) is 19.1 Å². The molecule has 23 heavy (non-hydrogen) atoms. The lowest BCUT2D eigenvalue weighted by Crippen LogP contribution is -2.03. The molecule has 0 saturated carbocycles. The quantitative estimate of drug-likeness (QED) is 0.510. The molecule has 0 atom stereocenters. The molecule has 0 radical (unpaired) electrons. The number of nitrogens with zero attached hydrogens (tertiary/aromatic N) is 2. The summed E-state index contributed by atoms with van der Waals surface area (Å²) in [4.78, 5) is 13.3. The Morgan fingerprint density at radius 1 is 0.870 bits per heavy atom. The number of benzene rings is 2. The fourth-order valence-electron chi connectivity index (χ4n) is 3.46. The molecule has 0 aliphatic carbocycles. The Hall–Kier alpha value is -2.81. The Morgan fingerprint density at radius 3 is 2.22 bits per heavy atom. The molecule has 0 bridgehead atoms. The molecular weight excluding hydrogens is 284 g/mol. The molecule has 114 valence electrons. The molecule has 0 fully saturated rings. The zero-order valence-electron chi connectivity index (χ0n) is 13.5. The van der Waals surface area contributed by atoms with E-state index in [0.717, 1.165) is 38.6 Å². The molecule has 0 aliphatic rings. The van der Waals surface area contributed by atoms with Gasteiger partial charge in [-0.2, -0.15) is 0 Å². The summed E-state index contributed by atoms with van der Waals surface area (Å²) in [6, 6.07) is 16.1. The number of ketones is 1. The Kier molecular flexibility index (Phi) is 2.91. The van der Waals surface area contributed by atoms with Gasteiger partial charge < -0.3 is 9.13 Å². The van der Waals surface area contributed by atoms with E-state index in [1.54, 1.807) is 0 Å². The molecule has 0 N–H and O–H groups in total. The number of aryl methyl sites for hydroxylation is 2. The highest BCUT2D eigenvalue weighted by molar-refractivity contribution is 6.22. The first-order valence-electron chi connectivity index (χ1n) is 7.72. The van der Waals surface area contributed by atoms with Crippen LogP contribution in [0.2, 0.25) is 0 Å². The molecule has 0 spiro atoms. The molecule has 2 aromatic carbocycles. The van der Waals surface area contributed by atoms with Crippen LogP contribution in [0, 0.1) is 6.92 Å². The number of hydrogen-bond acceptors (Lipinski definition) is 1. The van der Waals surface area contributed by atoms with Gasteiger partial charge in [-0.3, -0.25) is 4.79 Å². The lowest BCUT2D eigenvalue weighted by Gasteiger charge is -2.01. The van der Waals surface area contributed by atoms with Crippen LogP contribution in [-0.2, 0) is 14.1 Å². The molecule has 0 unspecified atom stereocenters. The van der Waals surface area contributed by atoms with Gasteiger partial charge in [0.15, 0.2) is 5.78 Å². The molecule has 0 amide bonds. The van der Waals surface area contributed by atoms with Crippen LogP contribution in [-0.4, -0.2) is 14.9 Å². The van der Waals surface area contributed by atoms with E-state index in [-0.39, 0.29) is 5.78 Å². The summed E-state index contributed by atoms with van der Waals surface area (Å²) in [6.07, 6.45) is 1.94. The smallest absolute Gasteiger partial charge is 0.197 e. The molecular formula is C20H18N2O. The fourth-order valence-corrected chi connectivity index (χ4v) is 3.46. The maximum atomic E-state index is 13.3. The van der Waals surface area contributed by atoms with Crippen LogP contribution in [0.15, 0.2) is 54.7 Å². The molecule has 4 rings (SSSR count). The van der Waals surface area contributed by atoms with Crippen molar-refractivity contribution < 1.29 is 4.79 Å². The Morgan fingerprint density at radius 2 is 1.48 bits per heavy atom. The second kappa shape index (κ2) is 4.85. The van der Waals surface area contributed by atoms with Crippen LogP contribution in [0.4, 0.5) is 0 Å². The van der Waals surface area contributed by atoms with Crippen molar-refractivity contribution in [2.45, 2.75) is 6.92 Å². The highest BCUT2D eigenvalue weighted by atomic mass is 16.1. The average molecular weight is 302 g/mol. The van der Waals surface area contributed by atoms with Crippen molar-refractivity contribution in [2.75, 3.05) is 0 Å². The van der Waals surface area contributed by atoms with Crippen LogP contribution in [0.3, 0.4) is 0 Å². The topological polar surface area (TPSA) is 26.9 Å². The molecule has 3 heteroatoms. The lowest BCUT2D eigenvalue weighted by atomic mass is 10.00. The van der Waals surface area contributed by atoms with Crippen LogP contribution < -0.4 is 0 Å². The van der Waals surface area contributed by atoms with E-state index < -0.39 is 0 Å². The van der Waals surface area contributed by atoms with Crippen LogP contribution in [0.5, 0.6) is 0 Å². The van der Waals surface area contributed by atoms with Gasteiger partial charge in [0.1, 0.15) is 0 Å². The van der Waals surface area contributed by atoms with Gasteiger partial charge in [0.25, 0.3) is 0 Å². The number of carbonyl (C=O) groups is 1. The molecule has 2 aromatic heterocycles. The molecule has 0 aliphatic heterocycles. The zero-order chi connectivity index (χ0) is 16.1. The summed E-state index contributed by atoms with van der Waals surface area (Å²) in [6.45, 7) is 2.01. The van der Waals surface area contributed by atoms with E-state index >= 15 is 0 Å². The molecule has 4 aromatic rings. The third kappa shape index (κ3) is 1.86. The molecule has 2 heterocycles. The third-order valence-corrected chi connectivity index (χ3v) is 4.77. The number of carbonyl (C=O) groups excluding carboxylic acids is 1. The van der Waals surface area contributed by atoms with Gasteiger partial charge in [0.05, 0.1) is 5.56 Å². The van der Waals surface area contributed by atoms with E-state index in [1.165, 1.54) is 0 Å². The largest absolute Gasteiger partial charge is 0.350 e. The summed E-state index contributed by atoms with van der Waals surface area (Å²) in [5, 5.41) is 2.03. The van der Waals surface area contributed by atoms with E-state index in [2.05, 4.69) is 10.6 Å². The summed E-state index contributed by atoms with van der Waals surface area (Å²) >= 11 is 0. The van der Waals surface area contributed by atoms with Crippen molar-refractivity contribution in [1.29, 1.82) is 0 Å². The standard InChI is InChI=1S/C20H18N2O/c1-13-19(15-9-5-7-11-18(15)22(13)3)20(23)16-12-21(2)17-10-6-4-8-14(16)17/h4-12H,1-3H3. The Balaban J connectivity index is 2.01. The highest BCUT2D eigenvalue weighted by Gasteiger charge is 2.22. The maximum Gasteiger partial charge on any atom is 0.197 e. The van der Waals surface area contributed by atoms with Crippen molar-refractivity contribution in [3.8, 4) is 0 Å². The summed E-state index contributed by atoms with van der Waals surface area (Å²) < 4.78 is 4.11. The maximum absolute atomic E-state index is 13.3. The SMILES string of the molecule is Cc1c(C(=O)c2cn(C)c3ccccc23)c2ccccc2n1C. The van der Waals surface area contributed by atoms with Gasteiger partial charge in [-0.15, -0.1) is 0 Å². The van der Waals surface area contributed by atoms with Gasteiger partial charge in [0, 0.05) is 53.4 Å². The van der Waals surface area contributed by atoms with Crippen molar-refractivity contribution >= 4 is 27.6 Å². The number of aromatic nitrogens is 2. The fraction of sp³-hybridized carbons (Fsp3) is 0.150. The van der Waals surface area contributed by atoms with E-state index in [4.69, 9.17) is 0 Å². The first-order chi connectivity index (χ1) is 11.1. The van der Waals surface area contributed by atoms with E-state index in [0.29, 0.717) is 0 Å². The van der Waals surface area contributed by atoms with Crippen LogP contribution in [0.25, 0.3) is 21.8 Å². The monoisotopic (exact) mass is 302 g/mol. The minimum atomic E-state index is 0.0936. The molecule has 0 saturated heterocycles. The van der Waals surface area contributed by atoms with Gasteiger partial charge in [0.2, 0.25) is 0 Å². The third-order valence-electron chi connectivity index (χ3n) is 4.77. The zero-order valence-corrected chi connectivity index (χ0v) is 13.5. The second-order valence-corrected chi connectivity index (χ2v) is 6.04. The Labute approximate surface area is 134 Å². The van der Waals surface area contributed by atoms with Crippen molar-refractivity contribution in [3.05, 3.63) is 71.5 Å². The molecule has 3 nitrogen and oxygen atoms in total. The van der Waals surface area contributed by atoms with Gasteiger partial charge >= 0.3 is 0 Å². The minimum Gasteiger partial charge on any atom is -0.350 e. The lowest BCUT2D eigenvalue weighted by molar-refractivity contribution is 0.104. The first-order valence-corrected chi connectivity index (χ1v) is 7.72. The van der Waals surface area contributed by atoms with Gasteiger partial charge in [-0.1, -0.05) is 36.4 Å². The highest BCUT2D eigenvalue weighted by Crippen LogP contribution is 2.30. The predicted molar refractivity (Wildman–Crippen MR) is 94.0 cm³/mol. The van der Waals surface area contributed by atoms with Crippen molar-refractivity contribution in [3.63, 3.8) is 0 Å².